The van der Waals surface area contributed by atoms with E-state index in [0.29, 0.717) is 22.6 Å². The van der Waals surface area contributed by atoms with E-state index < -0.39 is 42.5 Å². The first-order valence-electron chi connectivity index (χ1n) is 13.2. The molecule has 2 aromatic carbocycles. The van der Waals surface area contributed by atoms with Gasteiger partial charge in [0, 0.05) is 36.6 Å². The Kier molecular flexibility index (Phi) is 11.9. The summed E-state index contributed by atoms with van der Waals surface area (Å²) in [6.07, 6.45) is 3.42. The molecule has 10 nitrogen and oxygen atoms in total. The molecular weight excluding hydrogens is 645 g/mol. The van der Waals surface area contributed by atoms with Gasteiger partial charge in [0.2, 0.25) is 0 Å². The van der Waals surface area contributed by atoms with Gasteiger partial charge in [-0.1, -0.05) is 47.5 Å². The predicted octanol–water partition coefficient (Wildman–Crippen LogP) is 5.69. The molecule has 4 rings (SSSR count). The van der Waals surface area contributed by atoms with Crippen LogP contribution in [0, 0.1) is 5.92 Å². The number of aromatic nitrogens is 1. The number of nitrogens with zero attached hydrogens (tertiary/aromatic N) is 2. The number of halogens is 4. The van der Waals surface area contributed by atoms with Crippen LogP contribution in [0.15, 0.2) is 54.9 Å². The third kappa shape index (κ3) is 9.32. The molecule has 3 aromatic rings. The van der Waals surface area contributed by atoms with Crippen molar-refractivity contribution in [3.05, 3.63) is 87.2 Å². The van der Waals surface area contributed by atoms with Crippen molar-refractivity contribution >= 4 is 46.4 Å². The third-order valence-corrected chi connectivity index (χ3v) is 7.96. The van der Waals surface area contributed by atoms with Gasteiger partial charge in [-0.15, -0.1) is 0 Å². The Morgan fingerprint density at radius 1 is 1.11 bits per heavy atom. The minimum absolute atomic E-state index is 0.0179. The van der Waals surface area contributed by atoms with Gasteiger partial charge in [0.05, 0.1) is 29.3 Å². The second-order valence-corrected chi connectivity index (χ2v) is 11.5. The Bertz CT molecular complexity index is 1490. The quantitative estimate of drug-likeness (QED) is 0.148. The fourth-order valence-corrected chi connectivity index (χ4v) is 5.20. The van der Waals surface area contributed by atoms with Gasteiger partial charge in [-0.3, -0.25) is 14.0 Å². The first-order chi connectivity index (χ1) is 21.0. The van der Waals surface area contributed by atoms with E-state index in [1.807, 2.05) is 0 Å². The van der Waals surface area contributed by atoms with Crippen LogP contribution in [0.5, 0.6) is 11.5 Å². The highest BCUT2D eigenvalue weighted by Crippen LogP contribution is 2.38. The molecule has 0 radical (unpaired) electrons. The first kappa shape index (κ1) is 33.5. The molecule has 0 spiro atoms. The predicted molar refractivity (Wildman–Crippen MR) is 155 cm³/mol. The topological polar surface area (TPSA) is 127 Å². The van der Waals surface area contributed by atoms with E-state index in [4.69, 9.17) is 37.4 Å². The zero-order valence-electron chi connectivity index (χ0n) is 23.3. The molecule has 0 N–H and O–H groups in total. The average molecular weight is 673 g/mol. The second kappa shape index (κ2) is 15.6. The van der Waals surface area contributed by atoms with Crippen LogP contribution >= 0.6 is 23.2 Å². The van der Waals surface area contributed by atoms with Gasteiger partial charge in [-0.2, -0.15) is 8.78 Å². The summed E-state index contributed by atoms with van der Waals surface area (Å²) in [5.41, 5.74) is 1.13. The highest BCUT2D eigenvalue weighted by molar-refractivity contribution is 7.76. The van der Waals surface area contributed by atoms with E-state index in [-0.39, 0.29) is 46.7 Å². The summed E-state index contributed by atoms with van der Waals surface area (Å²) >= 11 is 9.76. The van der Waals surface area contributed by atoms with Crippen molar-refractivity contribution in [3.63, 3.8) is 0 Å². The van der Waals surface area contributed by atoms with Crippen molar-refractivity contribution in [2.24, 2.45) is 5.92 Å². The van der Waals surface area contributed by atoms with Crippen LogP contribution in [-0.4, -0.2) is 56.9 Å². The van der Waals surface area contributed by atoms with Gasteiger partial charge in [-0.05, 0) is 53.6 Å². The molecule has 1 heterocycles. The second-order valence-electron chi connectivity index (χ2n) is 9.77. The minimum atomic E-state index is -3.10. The molecule has 0 bridgehead atoms. The van der Waals surface area contributed by atoms with Gasteiger partial charge in [-0.25, -0.2) is 9.10 Å². The molecule has 1 saturated carbocycles. The Morgan fingerprint density at radius 2 is 1.82 bits per heavy atom. The van der Waals surface area contributed by atoms with Crippen molar-refractivity contribution in [2.45, 2.75) is 38.5 Å². The fourth-order valence-electron chi connectivity index (χ4n) is 4.23. The van der Waals surface area contributed by atoms with Crippen molar-refractivity contribution in [1.82, 2.24) is 9.29 Å². The normalized spacial score (nSPS) is 14.3. The highest BCUT2D eigenvalue weighted by atomic mass is 35.5. The van der Waals surface area contributed by atoms with E-state index in [1.54, 1.807) is 12.1 Å². The SMILES string of the molecule is COC(=O)c1ccccc1CN(CC(=O)O[C@@H](Cc1c(Cl)cncc1Cl)c1ccc(OC(F)F)c(OCC2CC2)c1)S(=O)[O-]. The maximum absolute atomic E-state index is 13.2. The summed E-state index contributed by atoms with van der Waals surface area (Å²) in [5.74, 6) is -1.52. The summed E-state index contributed by atoms with van der Waals surface area (Å²) in [6.45, 7) is -3.87. The lowest BCUT2D eigenvalue weighted by molar-refractivity contribution is -0.149. The largest absolute Gasteiger partial charge is 0.760 e. The highest BCUT2D eigenvalue weighted by Gasteiger charge is 2.27. The monoisotopic (exact) mass is 671 g/mol. The maximum Gasteiger partial charge on any atom is 0.387 e. The van der Waals surface area contributed by atoms with Crippen molar-refractivity contribution in [2.75, 3.05) is 20.3 Å². The summed E-state index contributed by atoms with van der Waals surface area (Å²) in [5, 5.41) is 0.367. The van der Waals surface area contributed by atoms with Gasteiger partial charge in [0.1, 0.15) is 12.6 Å². The molecule has 236 valence electrons. The van der Waals surface area contributed by atoms with Crippen LogP contribution in [0.1, 0.15) is 46.0 Å². The zero-order valence-corrected chi connectivity index (χ0v) is 25.6. The van der Waals surface area contributed by atoms with Gasteiger partial charge >= 0.3 is 18.6 Å². The molecule has 1 aromatic heterocycles. The molecule has 2 atom stereocenters. The van der Waals surface area contributed by atoms with Crippen LogP contribution in [0.3, 0.4) is 0 Å². The number of hydrogen-bond acceptors (Lipinski definition) is 9. The van der Waals surface area contributed by atoms with Crippen LogP contribution in [-0.2, 0) is 38.5 Å². The van der Waals surface area contributed by atoms with Crippen LogP contribution in [0.4, 0.5) is 8.78 Å². The minimum Gasteiger partial charge on any atom is -0.760 e. The van der Waals surface area contributed by atoms with Crippen molar-refractivity contribution < 1.29 is 46.1 Å². The standard InChI is InChI=1S/C29H28Cl2F2N2O8S/c1-40-28(37)20-5-3-2-4-19(20)14-35(44(38)39)15-27(36)42-25(11-21-22(30)12-34-13-23(21)31)18-8-9-24(43-29(32)33)26(10-18)41-16-17-6-7-17/h2-5,8-10,12-13,17,25,29H,6-7,11,14-16H2,1H3,(H,38,39)/p-1/t25-/m0/s1. The number of alkyl halides is 2. The van der Waals surface area contributed by atoms with Crippen molar-refractivity contribution in [1.29, 1.82) is 0 Å². The van der Waals surface area contributed by atoms with Crippen LogP contribution in [0.25, 0.3) is 0 Å². The number of rotatable bonds is 15. The van der Waals surface area contributed by atoms with E-state index >= 15 is 0 Å². The van der Waals surface area contributed by atoms with E-state index in [1.165, 1.54) is 49.8 Å². The third-order valence-electron chi connectivity index (χ3n) is 6.63. The maximum atomic E-state index is 13.2. The average Bonchev–Trinajstić information content (AvgIpc) is 3.82. The number of esters is 2. The molecule has 0 saturated heterocycles. The molecule has 15 heteroatoms. The van der Waals surface area contributed by atoms with E-state index in [9.17, 15) is 27.1 Å². The first-order valence-corrected chi connectivity index (χ1v) is 15.0. The molecule has 1 aliphatic carbocycles. The number of hydrogen-bond donors (Lipinski definition) is 0. The molecule has 1 aliphatic rings. The number of ether oxygens (including phenoxy) is 4. The summed E-state index contributed by atoms with van der Waals surface area (Å²) in [4.78, 5) is 29.3. The van der Waals surface area contributed by atoms with Gasteiger partial charge in [0.15, 0.2) is 11.5 Å². The fraction of sp³-hybridized carbons (Fsp3) is 0.345. The number of pyridine rings is 1. The summed E-state index contributed by atoms with van der Waals surface area (Å²) < 4.78 is 72.0. The van der Waals surface area contributed by atoms with Crippen molar-refractivity contribution in [3.8, 4) is 11.5 Å². The van der Waals surface area contributed by atoms with Crippen LogP contribution in [0.2, 0.25) is 10.0 Å². The summed E-state index contributed by atoms with van der Waals surface area (Å²) in [7, 11) is 1.19. The zero-order chi connectivity index (χ0) is 31.8. The lowest BCUT2D eigenvalue weighted by Gasteiger charge is -2.26. The Morgan fingerprint density at radius 3 is 2.45 bits per heavy atom. The number of carbonyl (C=O) groups excluding carboxylic acids is 2. The number of carbonyl (C=O) groups is 2. The van der Waals surface area contributed by atoms with Crippen LogP contribution < -0.4 is 9.47 Å². The van der Waals surface area contributed by atoms with Gasteiger partial charge < -0.3 is 23.5 Å². The molecule has 44 heavy (non-hydrogen) atoms. The summed E-state index contributed by atoms with van der Waals surface area (Å²) in [6, 6.07) is 10.3. The molecule has 0 aliphatic heterocycles. The number of methoxy groups -OCH3 is 1. The molecular formula is C29H27Cl2F2N2O8S-. The van der Waals surface area contributed by atoms with Gasteiger partial charge in [0.25, 0.3) is 0 Å². The molecule has 0 amide bonds. The van der Waals surface area contributed by atoms with E-state index in [0.717, 1.165) is 17.1 Å². The Hall–Kier alpha value is -3.36. The molecule has 1 fully saturated rings. The lowest BCUT2D eigenvalue weighted by Crippen LogP contribution is -2.33. The smallest absolute Gasteiger partial charge is 0.387 e. The Balaban J connectivity index is 1.61. The number of benzene rings is 2. The molecule has 1 unspecified atom stereocenters. The van der Waals surface area contributed by atoms with E-state index in [2.05, 4.69) is 9.72 Å². The lowest BCUT2D eigenvalue weighted by atomic mass is 10.0. The Labute approximate surface area is 264 Å².